The normalized spacial score (nSPS) is 17.4. The standard InChI is InChI=1S/C33H40N4O6.C29H37FN4O6/c1-20(2)15-27(31(40)34-25(19-38)17-24-10-5-7-14-30(24)39)35-32(41)28(36-33(42)29-16-21(3)43-37-29)18-23-12-8-11-22-9-4-6-13-26(22)23;1-17(2)12-23(27(37)31-22(16-35)15-20-6-4-5-7-26(20)36)32-28(38)24(14-19-8-10-21(30)11-9-19)33-29(39)25-13-18(3)40-34-25/h4,6,8-9,11-13,16,19-20,24-25,27-28H,5,7,10,14-15,17-18H2,1-3H3,(H,34,40)(H,35,41)(H,36,42);8-11,13,16-17,20,22-24H,4-7,12,14-15H2,1-3H3,(H,31,37)(H,32,38)(H,33,39)/t24-,25-,27-,28-;20-,22-,23-,24-/m00/s1. The van der Waals surface area contributed by atoms with Crippen molar-refractivity contribution in [1.29, 1.82) is 0 Å². The highest BCUT2D eigenvalue weighted by Crippen LogP contribution is 2.26. The summed E-state index contributed by atoms with van der Waals surface area (Å²) >= 11 is 0. The quantitative estimate of drug-likeness (QED) is 0.0316. The fourth-order valence-corrected chi connectivity index (χ4v) is 10.4. The maximum atomic E-state index is 13.8. The second-order valence-electron chi connectivity index (χ2n) is 22.5. The van der Waals surface area contributed by atoms with Gasteiger partial charge in [-0.2, -0.15) is 0 Å². The Labute approximate surface area is 482 Å². The molecule has 0 spiro atoms. The van der Waals surface area contributed by atoms with Crippen molar-refractivity contribution in [3.63, 3.8) is 0 Å². The third-order valence-corrected chi connectivity index (χ3v) is 14.7. The van der Waals surface area contributed by atoms with Crippen molar-refractivity contribution in [3.8, 4) is 0 Å². The first-order valence-corrected chi connectivity index (χ1v) is 28.6. The third-order valence-electron chi connectivity index (χ3n) is 14.7. The summed E-state index contributed by atoms with van der Waals surface area (Å²) in [6.45, 7) is 10.9. The van der Waals surface area contributed by atoms with Crippen molar-refractivity contribution in [2.45, 2.75) is 168 Å². The van der Waals surface area contributed by atoms with Crippen molar-refractivity contribution < 1.29 is 61.4 Å². The summed E-state index contributed by atoms with van der Waals surface area (Å²) in [7, 11) is 0. The number of amides is 6. The van der Waals surface area contributed by atoms with Crippen LogP contribution in [0.5, 0.6) is 0 Å². The lowest BCUT2D eigenvalue weighted by molar-refractivity contribution is -0.131. The highest BCUT2D eigenvalue weighted by atomic mass is 19.1. The SMILES string of the molecule is Cc1cc(C(=O)N[C@@H](Cc2ccc(F)cc2)C(=O)N[C@@H](CC(C)C)C(=O)N[C@H](C=O)C[C@@H]2CCCCC2=O)no1.Cc1cc(C(=O)N[C@@H](Cc2cccc3ccccc23)C(=O)N[C@@H](CC(C)C)C(=O)N[C@H](C=O)C[C@@H]2CCCCC2=O)no1. The van der Waals surface area contributed by atoms with Crippen molar-refractivity contribution in [2.75, 3.05) is 0 Å². The van der Waals surface area contributed by atoms with Crippen LogP contribution in [-0.4, -0.2) is 106 Å². The first kappa shape index (κ1) is 63.9. The van der Waals surface area contributed by atoms with Gasteiger partial charge in [0.05, 0.1) is 12.1 Å². The number of hydrogen-bond donors (Lipinski definition) is 6. The number of Topliss-reactive ketones (excluding diaryl/α,β-unsaturated/α-hetero) is 2. The third kappa shape index (κ3) is 19.7. The van der Waals surface area contributed by atoms with E-state index >= 15 is 0 Å². The molecule has 2 heterocycles. The fourth-order valence-electron chi connectivity index (χ4n) is 10.4. The molecule has 20 nitrogen and oxygen atoms in total. The first-order valence-electron chi connectivity index (χ1n) is 28.6. The predicted octanol–water partition coefficient (Wildman–Crippen LogP) is 6.67. The monoisotopic (exact) mass is 1140 g/mol. The zero-order valence-corrected chi connectivity index (χ0v) is 48.0. The van der Waals surface area contributed by atoms with Crippen molar-refractivity contribution in [3.05, 3.63) is 119 Å². The molecule has 0 saturated heterocycles. The highest BCUT2D eigenvalue weighted by Gasteiger charge is 2.34. The van der Waals surface area contributed by atoms with Crippen LogP contribution in [0.15, 0.2) is 87.9 Å². The molecule has 444 valence electrons. The molecular weight excluding hydrogens is 1070 g/mol. The van der Waals surface area contributed by atoms with Crippen LogP contribution in [0, 0.1) is 43.3 Å². The van der Waals surface area contributed by atoms with Gasteiger partial charge in [-0.25, -0.2) is 4.39 Å². The van der Waals surface area contributed by atoms with Gasteiger partial charge < -0.3 is 50.5 Å². The summed E-state index contributed by atoms with van der Waals surface area (Å²) in [6.07, 6.45) is 8.34. The maximum absolute atomic E-state index is 13.8. The smallest absolute Gasteiger partial charge is 0.274 e. The van der Waals surface area contributed by atoms with E-state index in [1.165, 1.54) is 36.4 Å². The minimum Gasteiger partial charge on any atom is -0.361 e. The van der Waals surface area contributed by atoms with Gasteiger partial charge in [-0.1, -0.05) is 105 Å². The van der Waals surface area contributed by atoms with E-state index in [4.69, 9.17) is 9.05 Å². The average Bonchev–Trinajstić information content (AvgIpc) is 4.28. The van der Waals surface area contributed by atoms with Crippen molar-refractivity contribution in [2.24, 2.45) is 23.7 Å². The Balaban J connectivity index is 0.000000267. The van der Waals surface area contributed by atoms with Crippen molar-refractivity contribution >= 4 is 70.4 Å². The molecule has 21 heteroatoms. The number of aromatic nitrogens is 2. The van der Waals surface area contributed by atoms with Gasteiger partial charge >= 0.3 is 0 Å². The Bertz CT molecular complexity index is 3060. The molecule has 2 saturated carbocycles. The predicted molar refractivity (Wildman–Crippen MR) is 305 cm³/mol. The molecule has 7 rings (SSSR count). The lowest BCUT2D eigenvalue weighted by Crippen LogP contribution is -2.56. The van der Waals surface area contributed by atoms with E-state index < -0.39 is 77.5 Å². The summed E-state index contributed by atoms with van der Waals surface area (Å²) in [6, 6.07) is 16.1. The molecular formula is C62H77FN8O12. The molecule has 0 radical (unpaired) electrons. The Kier molecular flexibility index (Phi) is 24.1. The molecule has 2 fully saturated rings. The minimum atomic E-state index is -1.13. The van der Waals surface area contributed by atoms with E-state index in [0.29, 0.717) is 61.8 Å². The molecule has 0 aliphatic heterocycles. The second kappa shape index (κ2) is 31.3. The molecule has 6 amide bonds. The van der Waals surface area contributed by atoms with E-state index in [0.717, 1.165) is 42.0 Å². The number of nitrogens with zero attached hydrogens (tertiary/aromatic N) is 2. The molecule has 2 aliphatic rings. The summed E-state index contributed by atoms with van der Waals surface area (Å²) in [5.41, 5.74) is 1.45. The summed E-state index contributed by atoms with van der Waals surface area (Å²) in [4.78, 5) is 128. The van der Waals surface area contributed by atoms with Gasteiger partial charge in [0, 0.05) is 49.7 Å². The van der Waals surface area contributed by atoms with Gasteiger partial charge in [0.25, 0.3) is 11.8 Å². The Morgan fingerprint density at radius 3 is 1.45 bits per heavy atom. The number of halogens is 1. The van der Waals surface area contributed by atoms with E-state index in [1.807, 2.05) is 70.2 Å². The highest BCUT2D eigenvalue weighted by molar-refractivity contribution is 5.99. The number of carbonyl (C=O) groups is 10. The van der Waals surface area contributed by atoms with Gasteiger partial charge in [0.2, 0.25) is 23.6 Å². The van der Waals surface area contributed by atoms with E-state index in [9.17, 15) is 52.3 Å². The van der Waals surface area contributed by atoms with Crippen LogP contribution in [0.4, 0.5) is 4.39 Å². The number of benzene rings is 3. The summed E-state index contributed by atoms with van der Waals surface area (Å²) in [5, 5.41) is 25.8. The first-order chi connectivity index (χ1) is 39.7. The number of carbonyl (C=O) groups excluding carboxylic acids is 10. The van der Waals surface area contributed by atoms with Crippen LogP contribution in [0.25, 0.3) is 10.8 Å². The van der Waals surface area contributed by atoms with Gasteiger partial charge in [-0.05, 0) is 111 Å². The number of fused-ring (bicyclic) bond motifs is 1. The maximum Gasteiger partial charge on any atom is 0.274 e. The Morgan fingerprint density at radius 1 is 0.566 bits per heavy atom. The number of nitrogens with one attached hydrogen (secondary N) is 6. The Morgan fingerprint density at radius 2 is 1.01 bits per heavy atom. The zero-order chi connectivity index (χ0) is 60.2. The van der Waals surface area contributed by atoms with Crippen LogP contribution >= 0.6 is 0 Å². The lowest BCUT2D eigenvalue weighted by atomic mass is 9.84. The molecule has 2 aliphatic carbocycles. The number of ketones is 2. The van der Waals surface area contributed by atoms with Crippen LogP contribution < -0.4 is 31.9 Å². The van der Waals surface area contributed by atoms with Crippen LogP contribution in [0.1, 0.15) is 148 Å². The lowest BCUT2D eigenvalue weighted by Gasteiger charge is -2.27. The molecule has 8 atom stereocenters. The van der Waals surface area contributed by atoms with Gasteiger partial charge in [-0.3, -0.25) is 38.4 Å². The van der Waals surface area contributed by atoms with Gasteiger partial charge in [-0.15, -0.1) is 0 Å². The zero-order valence-electron chi connectivity index (χ0n) is 48.0. The summed E-state index contributed by atoms with van der Waals surface area (Å²) in [5.74, 6) is -3.34. The molecule has 0 bridgehead atoms. The van der Waals surface area contributed by atoms with Crippen molar-refractivity contribution in [1.82, 2.24) is 42.2 Å². The Hall–Kier alpha value is -8.23. The molecule has 2 aromatic heterocycles. The molecule has 83 heavy (non-hydrogen) atoms. The van der Waals surface area contributed by atoms with E-state index in [1.54, 1.807) is 13.8 Å². The average molecular weight is 1150 g/mol. The number of aldehydes is 2. The fraction of sp³-hybridized carbons (Fsp3) is 0.484. The van der Waals surface area contributed by atoms with Gasteiger partial charge in [0.1, 0.15) is 65.6 Å². The van der Waals surface area contributed by atoms with Crippen LogP contribution in [0.2, 0.25) is 0 Å². The number of aryl methyl sites for hydroxylation is 2. The molecule has 6 N–H and O–H groups in total. The van der Waals surface area contributed by atoms with Gasteiger partial charge in [0.15, 0.2) is 11.4 Å². The largest absolute Gasteiger partial charge is 0.361 e. The number of hydrogen-bond acceptors (Lipinski definition) is 14. The molecule has 0 unspecified atom stereocenters. The minimum absolute atomic E-state index is 0.00824. The molecule has 3 aromatic carbocycles. The topological polar surface area (TPSA) is 295 Å². The molecule has 5 aromatic rings. The van der Waals surface area contributed by atoms with Crippen LogP contribution in [-0.2, 0) is 51.2 Å². The van der Waals surface area contributed by atoms with E-state index in [-0.39, 0.29) is 78.7 Å². The summed E-state index contributed by atoms with van der Waals surface area (Å²) < 4.78 is 23.4. The second-order valence-corrected chi connectivity index (χ2v) is 22.5. The van der Waals surface area contributed by atoms with Crippen LogP contribution in [0.3, 0.4) is 0 Å². The van der Waals surface area contributed by atoms with E-state index in [2.05, 4.69) is 42.2 Å². The number of rotatable bonds is 26.